The smallest absolute Gasteiger partial charge is 0.165 e. The molecule has 0 fully saturated rings. The molecule has 8 aromatic carbocycles. The minimum absolute atomic E-state index is 0.824. The number of hydrogen-bond acceptors (Lipinski definition) is 2. The SMILES string of the molecule is c1ccc(-c2nc3ccccc3nc2-n2c3ccccc3c3ccc4c(c5ccc6ccc7c8ccccc8n8c9ccccc9n4c5c6c78)c32)cc1. The molecule has 0 aliphatic rings. The molecule has 0 aliphatic carbocycles. The van der Waals surface area contributed by atoms with E-state index in [4.69, 9.17) is 9.97 Å². The first-order valence-corrected chi connectivity index (χ1v) is 18.1. The second-order valence-corrected chi connectivity index (χ2v) is 14.2. The highest BCUT2D eigenvalue weighted by Crippen LogP contribution is 2.47. The van der Waals surface area contributed by atoms with Crippen LogP contribution in [0.2, 0.25) is 0 Å². The number of aromatic nitrogens is 5. The van der Waals surface area contributed by atoms with Crippen LogP contribution < -0.4 is 0 Å². The standard InChI is InChI=1S/C48H27N5/c1-2-12-29(13-3-1)44-48(50-36-17-7-6-16-35(36)49-44)53-38-19-9-5-15-31(38)33-26-27-41-43(46(33)53)34-25-23-28-22-24-32-30-14-4-8-18-37(30)51-39-20-10-11-21-40(39)52(41)47(34)42(28)45(32)51/h1-27H. The van der Waals surface area contributed by atoms with E-state index in [0.717, 1.165) is 44.7 Å². The molecule has 0 spiro atoms. The Morgan fingerprint density at radius 2 is 0.887 bits per heavy atom. The van der Waals surface area contributed by atoms with Crippen molar-refractivity contribution in [3.8, 4) is 17.1 Å². The van der Waals surface area contributed by atoms with Gasteiger partial charge in [-0.15, -0.1) is 0 Å². The van der Waals surface area contributed by atoms with Gasteiger partial charge in [0.15, 0.2) is 5.82 Å². The van der Waals surface area contributed by atoms with Crippen LogP contribution in [0.5, 0.6) is 0 Å². The number of benzene rings is 8. The van der Waals surface area contributed by atoms with E-state index in [1.54, 1.807) is 0 Å². The Hall–Kier alpha value is -7.24. The third-order valence-electron chi connectivity index (χ3n) is 11.5. The lowest BCUT2D eigenvalue weighted by atomic mass is 10.0. The van der Waals surface area contributed by atoms with Gasteiger partial charge in [0.25, 0.3) is 0 Å². The van der Waals surface area contributed by atoms with Crippen LogP contribution in [0.4, 0.5) is 0 Å². The molecule has 5 nitrogen and oxygen atoms in total. The van der Waals surface area contributed by atoms with Gasteiger partial charge in [0.05, 0.1) is 55.2 Å². The van der Waals surface area contributed by atoms with Crippen LogP contribution in [0, 0.1) is 0 Å². The van der Waals surface area contributed by atoms with E-state index in [1.165, 1.54) is 70.7 Å². The van der Waals surface area contributed by atoms with Gasteiger partial charge in [-0.2, -0.15) is 0 Å². The molecule has 0 radical (unpaired) electrons. The monoisotopic (exact) mass is 673 g/mol. The molecule has 0 unspecified atom stereocenters. The third kappa shape index (κ3) is 3.37. The summed E-state index contributed by atoms with van der Waals surface area (Å²) >= 11 is 0. The van der Waals surface area contributed by atoms with Crippen molar-refractivity contribution >= 4 is 98.3 Å². The van der Waals surface area contributed by atoms with Crippen molar-refractivity contribution in [2.24, 2.45) is 0 Å². The first-order valence-electron chi connectivity index (χ1n) is 18.1. The Kier molecular flexibility index (Phi) is 5.06. The Morgan fingerprint density at radius 3 is 1.66 bits per heavy atom. The molecule has 0 saturated carbocycles. The summed E-state index contributed by atoms with van der Waals surface area (Å²) in [7, 11) is 0. The summed E-state index contributed by atoms with van der Waals surface area (Å²) < 4.78 is 7.40. The fourth-order valence-electron chi connectivity index (χ4n) is 9.40. The lowest BCUT2D eigenvalue weighted by Crippen LogP contribution is -2.03. The summed E-state index contributed by atoms with van der Waals surface area (Å²) in [5.74, 6) is 0.824. The first-order chi connectivity index (χ1) is 26.3. The van der Waals surface area contributed by atoms with Crippen LogP contribution >= 0.6 is 0 Å². The van der Waals surface area contributed by atoms with E-state index in [2.05, 4.69) is 165 Å². The molecule has 0 amide bonds. The van der Waals surface area contributed by atoms with Gasteiger partial charge in [-0.3, -0.25) is 4.57 Å². The van der Waals surface area contributed by atoms with Gasteiger partial charge in [-0.1, -0.05) is 121 Å². The molecular weight excluding hydrogens is 647 g/mol. The summed E-state index contributed by atoms with van der Waals surface area (Å²) in [4.78, 5) is 10.8. The lowest BCUT2D eigenvalue weighted by molar-refractivity contribution is 1.08. The first kappa shape index (κ1) is 27.5. The van der Waals surface area contributed by atoms with Crippen LogP contribution in [0.3, 0.4) is 0 Å². The molecule has 0 saturated heterocycles. The van der Waals surface area contributed by atoms with E-state index in [1.807, 2.05) is 12.1 Å². The second kappa shape index (κ2) is 9.75. The Labute approximate surface area is 301 Å². The van der Waals surface area contributed by atoms with Crippen LogP contribution in [0.15, 0.2) is 164 Å². The van der Waals surface area contributed by atoms with Crippen molar-refractivity contribution in [3.05, 3.63) is 164 Å². The predicted molar refractivity (Wildman–Crippen MR) is 220 cm³/mol. The summed E-state index contributed by atoms with van der Waals surface area (Å²) in [5, 5.41) is 9.86. The number of hydrogen-bond donors (Lipinski definition) is 0. The van der Waals surface area contributed by atoms with Gasteiger partial charge >= 0.3 is 0 Å². The normalized spacial score (nSPS) is 12.5. The number of rotatable bonds is 2. The van der Waals surface area contributed by atoms with Crippen molar-refractivity contribution in [2.75, 3.05) is 0 Å². The van der Waals surface area contributed by atoms with Crippen molar-refractivity contribution in [3.63, 3.8) is 0 Å². The maximum absolute atomic E-state index is 5.46. The highest BCUT2D eigenvalue weighted by atomic mass is 15.1. The number of para-hydroxylation sites is 6. The van der Waals surface area contributed by atoms with Crippen LogP contribution in [0.25, 0.3) is 115 Å². The average Bonchev–Trinajstić information content (AvgIpc) is 3.83. The zero-order valence-corrected chi connectivity index (χ0v) is 28.3. The maximum Gasteiger partial charge on any atom is 0.165 e. The number of fused-ring (bicyclic) bond motifs is 14. The van der Waals surface area contributed by atoms with Crippen molar-refractivity contribution in [2.45, 2.75) is 0 Å². The van der Waals surface area contributed by atoms with Gasteiger partial charge in [-0.25, -0.2) is 9.97 Å². The summed E-state index contributed by atoms with van der Waals surface area (Å²) in [6, 6.07) is 59.0. The van der Waals surface area contributed by atoms with Gasteiger partial charge in [0, 0.05) is 43.3 Å². The van der Waals surface area contributed by atoms with Gasteiger partial charge in [-0.05, 0) is 47.9 Å². The molecule has 0 aliphatic heterocycles. The molecule has 13 rings (SSSR count). The largest absolute Gasteiger partial charge is 0.306 e. The van der Waals surface area contributed by atoms with E-state index in [-0.39, 0.29) is 0 Å². The molecule has 0 N–H and O–H groups in total. The summed E-state index contributed by atoms with van der Waals surface area (Å²) in [5.41, 5.74) is 13.1. The molecule has 0 bridgehead atoms. The van der Waals surface area contributed by atoms with Gasteiger partial charge in [0.2, 0.25) is 0 Å². The van der Waals surface area contributed by atoms with Crippen molar-refractivity contribution in [1.82, 2.24) is 23.3 Å². The summed E-state index contributed by atoms with van der Waals surface area (Å²) in [6.45, 7) is 0. The molecule has 5 heteroatoms. The Balaban J connectivity index is 1.32. The minimum atomic E-state index is 0.824. The third-order valence-corrected chi connectivity index (χ3v) is 11.5. The topological polar surface area (TPSA) is 39.5 Å². The lowest BCUT2D eigenvalue weighted by Gasteiger charge is -2.14. The minimum Gasteiger partial charge on any atom is -0.306 e. The Bertz CT molecular complexity index is 3680. The molecular formula is C48H27N5. The molecule has 244 valence electrons. The second-order valence-electron chi connectivity index (χ2n) is 14.2. The molecule has 53 heavy (non-hydrogen) atoms. The highest BCUT2D eigenvalue weighted by Gasteiger charge is 2.26. The molecule has 0 atom stereocenters. The van der Waals surface area contributed by atoms with Crippen molar-refractivity contribution < 1.29 is 0 Å². The summed E-state index contributed by atoms with van der Waals surface area (Å²) in [6.07, 6.45) is 0. The van der Waals surface area contributed by atoms with Crippen LogP contribution in [-0.4, -0.2) is 23.3 Å². The van der Waals surface area contributed by atoms with Gasteiger partial charge < -0.3 is 8.80 Å². The van der Waals surface area contributed by atoms with E-state index in [9.17, 15) is 0 Å². The zero-order chi connectivity index (χ0) is 34.4. The molecule has 5 heterocycles. The quantitative estimate of drug-likeness (QED) is 0.183. The average molecular weight is 674 g/mol. The van der Waals surface area contributed by atoms with Crippen molar-refractivity contribution in [1.29, 1.82) is 0 Å². The van der Waals surface area contributed by atoms with E-state index >= 15 is 0 Å². The van der Waals surface area contributed by atoms with Crippen LogP contribution in [-0.2, 0) is 0 Å². The fraction of sp³-hybridized carbons (Fsp3) is 0. The van der Waals surface area contributed by atoms with Gasteiger partial charge in [0.1, 0.15) is 5.69 Å². The molecule has 5 aromatic heterocycles. The number of nitrogens with zero attached hydrogens (tertiary/aromatic N) is 5. The van der Waals surface area contributed by atoms with Crippen LogP contribution in [0.1, 0.15) is 0 Å². The predicted octanol–water partition coefficient (Wildman–Crippen LogP) is 12.1. The van der Waals surface area contributed by atoms with E-state index in [0.29, 0.717) is 0 Å². The highest BCUT2D eigenvalue weighted by molar-refractivity contribution is 6.33. The molecule has 13 aromatic rings. The van der Waals surface area contributed by atoms with E-state index < -0.39 is 0 Å². The fourth-order valence-corrected chi connectivity index (χ4v) is 9.40. The maximum atomic E-state index is 5.46. The zero-order valence-electron chi connectivity index (χ0n) is 28.3. The Morgan fingerprint density at radius 1 is 0.340 bits per heavy atom.